The number of nitrogen functional groups attached to an aromatic ring is 1. The molecule has 8 heteroatoms. The summed E-state index contributed by atoms with van der Waals surface area (Å²) in [5.74, 6) is 8.37. The first-order chi connectivity index (χ1) is 12.8. The van der Waals surface area contributed by atoms with Gasteiger partial charge in [0.25, 0.3) is 0 Å². The van der Waals surface area contributed by atoms with Crippen molar-refractivity contribution in [1.82, 2.24) is 20.2 Å². The number of benzene rings is 1. The summed E-state index contributed by atoms with van der Waals surface area (Å²) in [5, 5.41) is 11.5. The molecule has 0 fully saturated rings. The van der Waals surface area contributed by atoms with Crippen LogP contribution >= 0.6 is 11.8 Å². The molecular weight excluding hydrogens is 362 g/mol. The van der Waals surface area contributed by atoms with Gasteiger partial charge in [0.2, 0.25) is 11.1 Å². The minimum absolute atomic E-state index is 0.0455. The first-order valence-corrected chi connectivity index (χ1v) is 10.1. The Morgan fingerprint density at radius 2 is 2.04 bits per heavy atom. The fourth-order valence-electron chi connectivity index (χ4n) is 2.39. The van der Waals surface area contributed by atoms with Gasteiger partial charge in [0.05, 0.1) is 5.75 Å². The van der Waals surface area contributed by atoms with E-state index in [0.29, 0.717) is 29.4 Å². The lowest BCUT2D eigenvalue weighted by atomic mass is 10.0. The van der Waals surface area contributed by atoms with Gasteiger partial charge < -0.3 is 15.9 Å². The van der Waals surface area contributed by atoms with E-state index >= 15 is 0 Å². The number of hydrogen-bond donors (Lipinski definition) is 2. The SMILES string of the molecule is Cc1ccc(C(C)C)c(OCc2nnc(SCC(=O)NCC(C)C)n2N)c1. The zero-order valence-electron chi connectivity index (χ0n) is 16.7. The van der Waals surface area contributed by atoms with E-state index in [1.54, 1.807) is 0 Å². The molecule has 0 saturated heterocycles. The van der Waals surface area contributed by atoms with E-state index in [1.807, 2.05) is 13.0 Å². The molecule has 2 aromatic rings. The molecule has 0 aliphatic heterocycles. The number of thioether (sulfide) groups is 1. The van der Waals surface area contributed by atoms with E-state index in [0.717, 1.165) is 16.9 Å². The molecular formula is C19H29N5O2S. The largest absolute Gasteiger partial charge is 0.485 e. The third-order valence-electron chi connectivity index (χ3n) is 3.92. The van der Waals surface area contributed by atoms with Crippen LogP contribution in [0.15, 0.2) is 23.4 Å². The van der Waals surface area contributed by atoms with Crippen LogP contribution in [0.1, 0.15) is 50.6 Å². The quantitative estimate of drug-likeness (QED) is 0.504. The number of aryl methyl sites for hydroxylation is 1. The molecule has 2 rings (SSSR count). The van der Waals surface area contributed by atoms with Crippen LogP contribution < -0.4 is 15.9 Å². The summed E-state index contributed by atoms with van der Waals surface area (Å²) in [4.78, 5) is 11.8. The molecule has 0 atom stereocenters. The normalized spacial score (nSPS) is 11.2. The Balaban J connectivity index is 1.96. The summed E-state index contributed by atoms with van der Waals surface area (Å²) in [5.41, 5.74) is 2.27. The average Bonchev–Trinajstić information content (AvgIpc) is 2.96. The van der Waals surface area contributed by atoms with Gasteiger partial charge in [-0.15, -0.1) is 10.2 Å². The molecule has 1 aromatic heterocycles. The Labute approximate surface area is 165 Å². The van der Waals surface area contributed by atoms with Crippen LogP contribution in [0.2, 0.25) is 0 Å². The van der Waals surface area contributed by atoms with Crippen LogP contribution in [-0.4, -0.2) is 33.1 Å². The predicted octanol–water partition coefficient (Wildman–Crippen LogP) is 2.87. The Morgan fingerprint density at radius 1 is 1.30 bits per heavy atom. The summed E-state index contributed by atoms with van der Waals surface area (Å²) < 4.78 is 7.34. The Morgan fingerprint density at radius 3 is 2.70 bits per heavy atom. The number of ether oxygens (including phenoxy) is 1. The second kappa shape index (κ2) is 9.64. The zero-order valence-corrected chi connectivity index (χ0v) is 17.5. The van der Waals surface area contributed by atoms with E-state index in [2.05, 4.69) is 55.3 Å². The standard InChI is InChI=1S/C19H29N5O2S/c1-12(2)9-21-18(25)11-27-19-23-22-17(24(19)20)10-26-16-8-14(5)6-7-15(16)13(3)4/h6-8,12-13H,9-11,20H2,1-5H3,(H,21,25). The minimum atomic E-state index is -0.0455. The zero-order chi connectivity index (χ0) is 20.0. The third kappa shape index (κ3) is 6.16. The third-order valence-corrected chi connectivity index (χ3v) is 4.87. The van der Waals surface area contributed by atoms with Crippen LogP contribution in [0.3, 0.4) is 0 Å². The molecule has 0 saturated carbocycles. The van der Waals surface area contributed by atoms with Gasteiger partial charge in [0.15, 0.2) is 5.82 Å². The van der Waals surface area contributed by atoms with Gasteiger partial charge in [-0.3, -0.25) is 4.79 Å². The molecule has 1 aromatic carbocycles. The molecule has 3 N–H and O–H groups in total. The highest BCUT2D eigenvalue weighted by Crippen LogP contribution is 2.28. The Hall–Kier alpha value is -2.22. The summed E-state index contributed by atoms with van der Waals surface area (Å²) in [6.45, 7) is 11.3. The fourth-order valence-corrected chi connectivity index (χ4v) is 3.09. The van der Waals surface area contributed by atoms with Gasteiger partial charge in [-0.1, -0.05) is 51.6 Å². The first kappa shape index (κ1) is 21.1. The Kier molecular flexibility index (Phi) is 7.53. The van der Waals surface area contributed by atoms with Crippen LogP contribution in [0.4, 0.5) is 0 Å². The highest BCUT2D eigenvalue weighted by Gasteiger charge is 2.14. The maximum Gasteiger partial charge on any atom is 0.230 e. The molecule has 0 aliphatic carbocycles. The van der Waals surface area contributed by atoms with Gasteiger partial charge in [0.1, 0.15) is 12.4 Å². The van der Waals surface area contributed by atoms with Crippen molar-refractivity contribution in [3.05, 3.63) is 35.2 Å². The summed E-state index contributed by atoms with van der Waals surface area (Å²) in [6, 6.07) is 6.17. The fraction of sp³-hybridized carbons (Fsp3) is 0.526. The van der Waals surface area contributed by atoms with Crippen molar-refractivity contribution in [1.29, 1.82) is 0 Å². The molecule has 0 bridgehead atoms. The lowest BCUT2D eigenvalue weighted by Crippen LogP contribution is -2.29. The van der Waals surface area contributed by atoms with Crippen molar-refractivity contribution in [3.8, 4) is 5.75 Å². The van der Waals surface area contributed by atoms with Crippen LogP contribution in [-0.2, 0) is 11.4 Å². The molecule has 0 spiro atoms. The van der Waals surface area contributed by atoms with Crippen LogP contribution in [0.5, 0.6) is 5.75 Å². The lowest BCUT2D eigenvalue weighted by molar-refractivity contribution is -0.118. The van der Waals surface area contributed by atoms with Gasteiger partial charge in [-0.25, -0.2) is 4.68 Å². The highest BCUT2D eigenvalue weighted by atomic mass is 32.2. The van der Waals surface area contributed by atoms with Gasteiger partial charge in [-0.2, -0.15) is 0 Å². The maximum atomic E-state index is 11.8. The average molecular weight is 392 g/mol. The number of carbonyl (C=O) groups excluding carboxylic acids is 1. The summed E-state index contributed by atoms with van der Waals surface area (Å²) >= 11 is 1.26. The molecule has 7 nitrogen and oxygen atoms in total. The first-order valence-electron chi connectivity index (χ1n) is 9.10. The molecule has 1 amide bonds. The van der Waals surface area contributed by atoms with Crippen molar-refractivity contribution in [3.63, 3.8) is 0 Å². The van der Waals surface area contributed by atoms with Crippen molar-refractivity contribution in [2.75, 3.05) is 18.1 Å². The summed E-state index contributed by atoms with van der Waals surface area (Å²) in [6.07, 6.45) is 0. The molecule has 27 heavy (non-hydrogen) atoms. The van der Waals surface area contributed by atoms with Gasteiger partial charge >= 0.3 is 0 Å². The number of nitrogens with zero attached hydrogens (tertiary/aromatic N) is 3. The van der Waals surface area contributed by atoms with Gasteiger partial charge in [0, 0.05) is 6.54 Å². The van der Waals surface area contributed by atoms with Crippen molar-refractivity contribution >= 4 is 17.7 Å². The van der Waals surface area contributed by atoms with E-state index in [1.165, 1.54) is 16.4 Å². The molecule has 148 valence electrons. The number of amides is 1. The van der Waals surface area contributed by atoms with E-state index < -0.39 is 0 Å². The highest BCUT2D eigenvalue weighted by molar-refractivity contribution is 7.99. The van der Waals surface area contributed by atoms with E-state index in [-0.39, 0.29) is 18.3 Å². The smallest absolute Gasteiger partial charge is 0.230 e. The molecule has 0 unspecified atom stereocenters. The minimum Gasteiger partial charge on any atom is -0.485 e. The molecule has 0 radical (unpaired) electrons. The summed E-state index contributed by atoms with van der Waals surface area (Å²) in [7, 11) is 0. The van der Waals surface area contributed by atoms with Gasteiger partial charge in [-0.05, 0) is 36.0 Å². The number of hydrogen-bond acceptors (Lipinski definition) is 6. The lowest BCUT2D eigenvalue weighted by Gasteiger charge is -2.14. The molecule has 1 heterocycles. The molecule has 0 aliphatic rings. The van der Waals surface area contributed by atoms with Crippen molar-refractivity contribution < 1.29 is 9.53 Å². The van der Waals surface area contributed by atoms with Crippen LogP contribution in [0.25, 0.3) is 0 Å². The second-order valence-corrected chi connectivity index (χ2v) is 8.18. The van der Waals surface area contributed by atoms with Crippen molar-refractivity contribution in [2.24, 2.45) is 5.92 Å². The monoisotopic (exact) mass is 391 g/mol. The number of aromatic nitrogens is 3. The number of nitrogens with two attached hydrogens (primary N) is 1. The number of rotatable bonds is 9. The predicted molar refractivity (Wildman–Crippen MR) is 108 cm³/mol. The second-order valence-electron chi connectivity index (χ2n) is 7.24. The topological polar surface area (TPSA) is 95.1 Å². The Bertz CT molecular complexity index is 773. The van der Waals surface area contributed by atoms with E-state index in [4.69, 9.17) is 10.6 Å². The van der Waals surface area contributed by atoms with E-state index in [9.17, 15) is 4.79 Å². The number of carbonyl (C=O) groups is 1. The number of nitrogens with one attached hydrogen (secondary N) is 1. The van der Waals surface area contributed by atoms with Crippen LogP contribution in [0, 0.1) is 12.8 Å². The maximum absolute atomic E-state index is 11.8. The van der Waals surface area contributed by atoms with Crippen molar-refractivity contribution in [2.45, 2.75) is 52.3 Å².